The zero-order valence-electron chi connectivity index (χ0n) is 14.0. The third kappa shape index (κ3) is 12.5. The van der Waals surface area contributed by atoms with Crippen molar-refractivity contribution in [2.75, 3.05) is 39.8 Å². The Morgan fingerprint density at radius 3 is 2.04 bits per heavy atom. The van der Waals surface area contributed by atoms with E-state index in [4.69, 9.17) is 0 Å². The summed E-state index contributed by atoms with van der Waals surface area (Å²) in [6.07, 6.45) is -7.18. The van der Waals surface area contributed by atoms with Gasteiger partial charge in [-0.15, -0.1) is 24.0 Å². The lowest BCUT2D eigenvalue weighted by Gasteiger charge is -2.32. The van der Waals surface area contributed by atoms with Crippen molar-refractivity contribution in [2.24, 2.45) is 10.9 Å². The van der Waals surface area contributed by atoms with E-state index in [9.17, 15) is 26.3 Å². The number of halogens is 7. The maximum atomic E-state index is 12.3. The predicted molar refractivity (Wildman–Crippen MR) is 95.3 cm³/mol. The molecule has 1 aliphatic heterocycles. The van der Waals surface area contributed by atoms with Gasteiger partial charge in [-0.2, -0.15) is 26.3 Å². The van der Waals surface area contributed by atoms with Crippen LogP contribution in [0.25, 0.3) is 0 Å². The topological polar surface area (TPSA) is 39.7 Å². The first-order chi connectivity index (χ1) is 11.1. The highest BCUT2D eigenvalue weighted by Gasteiger charge is 2.32. The minimum Gasteiger partial charge on any atom is -0.356 e. The van der Waals surface area contributed by atoms with E-state index in [1.807, 2.05) is 0 Å². The smallest absolute Gasteiger partial charge is 0.356 e. The quantitative estimate of drug-likeness (QED) is 0.260. The lowest BCUT2D eigenvalue weighted by molar-refractivity contribution is -0.148. The third-order valence-electron chi connectivity index (χ3n) is 3.88. The summed E-state index contributed by atoms with van der Waals surface area (Å²) in [6.45, 7) is 0.244. The number of likely N-dealkylation sites (tertiary alicyclic amines) is 1. The molecule has 0 aliphatic carbocycles. The van der Waals surface area contributed by atoms with Crippen LogP contribution in [0, 0.1) is 5.92 Å². The number of rotatable bonds is 6. The Hall–Kier alpha value is -0.460. The first-order valence-electron chi connectivity index (χ1n) is 7.89. The Kier molecular flexibility index (Phi) is 11.1. The van der Waals surface area contributed by atoms with Gasteiger partial charge in [0, 0.05) is 20.1 Å². The molecule has 0 spiro atoms. The maximum Gasteiger partial charge on any atom is 0.401 e. The van der Waals surface area contributed by atoms with Crippen LogP contribution in [-0.4, -0.2) is 63.0 Å². The molecule has 0 bridgehead atoms. The highest BCUT2D eigenvalue weighted by Crippen LogP contribution is 2.24. The first-order valence-corrected chi connectivity index (χ1v) is 7.89. The van der Waals surface area contributed by atoms with Crippen LogP contribution in [0.3, 0.4) is 0 Å². The molecule has 0 aromatic rings. The zero-order chi connectivity index (χ0) is 18.2. The van der Waals surface area contributed by atoms with Crippen molar-refractivity contribution in [3.63, 3.8) is 0 Å². The average Bonchev–Trinajstić information content (AvgIpc) is 2.44. The summed E-state index contributed by atoms with van der Waals surface area (Å²) in [6, 6.07) is 0. The van der Waals surface area contributed by atoms with Gasteiger partial charge in [-0.3, -0.25) is 9.89 Å². The second-order valence-corrected chi connectivity index (χ2v) is 5.91. The molecule has 2 N–H and O–H groups in total. The van der Waals surface area contributed by atoms with E-state index in [0.29, 0.717) is 44.4 Å². The van der Waals surface area contributed by atoms with E-state index < -0.39 is 25.3 Å². The zero-order valence-corrected chi connectivity index (χ0v) is 16.3. The number of alkyl halides is 6. The maximum absolute atomic E-state index is 12.3. The van der Waals surface area contributed by atoms with Crippen LogP contribution in [0.2, 0.25) is 0 Å². The third-order valence-corrected chi connectivity index (χ3v) is 3.88. The number of hydrogen-bond donors (Lipinski definition) is 2. The molecule has 150 valence electrons. The van der Waals surface area contributed by atoms with E-state index in [1.54, 1.807) is 0 Å². The second-order valence-electron chi connectivity index (χ2n) is 5.91. The van der Waals surface area contributed by atoms with Crippen molar-refractivity contribution in [3.8, 4) is 0 Å². The van der Waals surface area contributed by atoms with Gasteiger partial charge < -0.3 is 10.6 Å². The van der Waals surface area contributed by atoms with E-state index in [2.05, 4.69) is 15.6 Å². The lowest BCUT2D eigenvalue weighted by Crippen LogP contribution is -2.42. The second kappa shape index (κ2) is 11.3. The van der Waals surface area contributed by atoms with Gasteiger partial charge in [-0.25, -0.2) is 0 Å². The fraction of sp³-hybridized carbons (Fsp3) is 0.929. The van der Waals surface area contributed by atoms with E-state index in [-0.39, 0.29) is 30.5 Å². The van der Waals surface area contributed by atoms with E-state index in [0.717, 1.165) is 6.42 Å². The van der Waals surface area contributed by atoms with Gasteiger partial charge in [-0.05, 0) is 38.3 Å². The summed E-state index contributed by atoms with van der Waals surface area (Å²) in [7, 11) is 1.47. The van der Waals surface area contributed by atoms with Gasteiger partial charge in [0.2, 0.25) is 0 Å². The molecule has 4 nitrogen and oxygen atoms in total. The summed E-state index contributed by atoms with van der Waals surface area (Å²) >= 11 is 0. The van der Waals surface area contributed by atoms with Gasteiger partial charge in [-0.1, -0.05) is 0 Å². The van der Waals surface area contributed by atoms with Gasteiger partial charge in [0.25, 0.3) is 0 Å². The Bertz CT molecular complexity index is 392. The number of piperidine rings is 1. The van der Waals surface area contributed by atoms with Gasteiger partial charge in [0.15, 0.2) is 5.96 Å². The molecule has 0 amide bonds. The Morgan fingerprint density at radius 1 is 1.00 bits per heavy atom. The molecular formula is C14H25F6IN4. The summed E-state index contributed by atoms with van der Waals surface area (Å²) in [5.74, 6) is 0.615. The van der Waals surface area contributed by atoms with Crippen LogP contribution >= 0.6 is 24.0 Å². The molecule has 1 rings (SSSR count). The fourth-order valence-electron chi connectivity index (χ4n) is 2.62. The minimum atomic E-state index is -4.21. The van der Waals surface area contributed by atoms with Crippen LogP contribution in [0.5, 0.6) is 0 Å². The number of nitrogens with zero attached hydrogens (tertiary/aromatic N) is 2. The first kappa shape index (κ1) is 24.5. The summed E-state index contributed by atoms with van der Waals surface area (Å²) in [5.41, 5.74) is 0. The van der Waals surface area contributed by atoms with Crippen molar-refractivity contribution in [1.82, 2.24) is 15.5 Å². The molecule has 0 saturated carbocycles. The van der Waals surface area contributed by atoms with Crippen LogP contribution in [0.15, 0.2) is 4.99 Å². The molecule has 1 fully saturated rings. The molecule has 1 aliphatic rings. The Labute approximate surface area is 160 Å². The number of nitrogens with one attached hydrogen (secondary N) is 2. The minimum absolute atomic E-state index is 0. The number of guanidine groups is 1. The number of hydrogen-bond acceptors (Lipinski definition) is 2. The molecule has 11 heteroatoms. The molecule has 0 radical (unpaired) electrons. The Balaban J connectivity index is 0.00000576. The number of aliphatic imine (C=N–C) groups is 1. The van der Waals surface area contributed by atoms with Crippen molar-refractivity contribution < 1.29 is 26.3 Å². The fourth-order valence-corrected chi connectivity index (χ4v) is 2.62. The molecule has 0 aromatic carbocycles. The van der Waals surface area contributed by atoms with Crippen molar-refractivity contribution in [3.05, 3.63) is 0 Å². The molecule has 25 heavy (non-hydrogen) atoms. The van der Waals surface area contributed by atoms with Crippen LogP contribution < -0.4 is 10.6 Å². The van der Waals surface area contributed by atoms with Gasteiger partial charge in [0.05, 0.1) is 13.0 Å². The summed E-state index contributed by atoms with van der Waals surface area (Å²) in [5, 5.41) is 5.51. The molecule has 1 saturated heterocycles. The normalized spacial score (nSPS) is 18.0. The SMILES string of the molecule is CN=C(NCCC1CCN(CC(F)(F)F)CC1)NCCC(F)(F)F.I. The highest BCUT2D eigenvalue weighted by atomic mass is 127. The Morgan fingerprint density at radius 2 is 1.56 bits per heavy atom. The predicted octanol–water partition coefficient (Wildman–Crippen LogP) is 3.39. The van der Waals surface area contributed by atoms with Crippen molar-refractivity contribution in [2.45, 2.75) is 38.0 Å². The van der Waals surface area contributed by atoms with Gasteiger partial charge in [0.1, 0.15) is 0 Å². The standard InChI is InChI=1S/C14H24F6N4.HI/c1-21-12(23-7-5-13(15,16)17)22-6-2-11-3-8-24(9-4-11)10-14(18,19)20;/h11H,2-10H2,1H3,(H2,21,22,23);1H. The summed E-state index contributed by atoms with van der Waals surface area (Å²) < 4.78 is 73.1. The summed E-state index contributed by atoms with van der Waals surface area (Å²) in [4.78, 5) is 5.24. The van der Waals surface area contributed by atoms with Crippen molar-refractivity contribution in [1.29, 1.82) is 0 Å². The van der Waals surface area contributed by atoms with Gasteiger partial charge >= 0.3 is 12.4 Å². The molecular weight excluding hydrogens is 465 g/mol. The lowest BCUT2D eigenvalue weighted by atomic mass is 9.93. The van der Waals surface area contributed by atoms with Crippen molar-refractivity contribution >= 4 is 29.9 Å². The highest BCUT2D eigenvalue weighted by molar-refractivity contribution is 14.0. The molecule has 0 atom stereocenters. The van der Waals surface area contributed by atoms with E-state index >= 15 is 0 Å². The largest absolute Gasteiger partial charge is 0.401 e. The van der Waals surface area contributed by atoms with Crippen LogP contribution in [0.4, 0.5) is 26.3 Å². The molecule has 0 aromatic heterocycles. The average molecular weight is 490 g/mol. The van der Waals surface area contributed by atoms with E-state index in [1.165, 1.54) is 11.9 Å². The van der Waals surface area contributed by atoms with Crippen LogP contribution in [0.1, 0.15) is 25.7 Å². The van der Waals surface area contributed by atoms with Crippen LogP contribution in [-0.2, 0) is 0 Å². The molecule has 1 heterocycles. The monoisotopic (exact) mass is 490 g/mol. The molecule has 0 unspecified atom stereocenters.